The maximum Gasteiger partial charge on any atom is 0.125 e. The molecule has 0 bridgehead atoms. The van der Waals surface area contributed by atoms with Crippen molar-refractivity contribution >= 4 is 0 Å². The number of hydrogen-bond acceptors (Lipinski definition) is 2. The molecule has 0 aliphatic heterocycles. The molecular weight excluding hydrogens is 138 g/mol. The summed E-state index contributed by atoms with van der Waals surface area (Å²) in [5.74, 6) is 1.01. The molecule has 58 valence electrons. The summed E-state index contributed by atoms with van der Waals surface area (Å²) < 4.78 is 5.22. The third kappa shape index (κ3) is 0.985. The number of fused-ring (bicyclic) bond motifs is 1. The van der Waals surface area contributed by atoms with Crippen molar-refractivity contribution in [1.82, 2.24) is 4.98 Å². The Labute approximate surface area is 66.2 Å². The fraction of sp³-hybridized carbons (Fsp3) is 0.444. The molecule has 1 aliphatic carbocycles. The Morgan fingerprint density at radius 3 is 3.18 bits per heavy atom. The van der Waals surface area contributed by atoms with Crippen LogP contribution in [0.2, 0.25) is 0 Å². The summed E-state index contributed by atoms with van der Waals surface area (Å²) in [5, 5.41) is 0. The van der Waals surface area contributed by atoms with E-state index in [0.29, 0.717) is 0 Å². The summed E-state index contributed by atoms with van der Waals surface area (Å²) in [6.45, 7) is 0. The first-order valence-corrected chi connectivity index (χ1v) is 3.92. The van der Waals surface area contributed by atoms with Gasteiger partial charge in [0, 0.05) is 17.5 Å². The molecule has 0 amide bonds. The van der Waals surface area contributed by atoms with Crippen LogP contribution in [-0.2, 0) is 12.8 Å². The Hall–Kier alpha value is -1.05. The number of aryl methyl sites for hydroxylation is 1. The predicted octanol–water partition coefficient (Wildman–Crippen LogP) is 1.58. The SMILES string of the molecule is COc1ccnc2c1CCC2. The molecule has 0 saturated carbocycles. The van der Waals surface area contributed by atoms with Crippen molar-refractivity contribution in [3.05, 3.63) is 23.5 Å². The van der Waals surface area contributed by atoms with Gasteiger partial charge in [0.15, 0.2) is 0 Å². The molecule has 0 N–H and O–H groups in total. The maximum absolute atomic E-state index is 5.22. The smallest absolute Gasteiger partial charge is 0.125 e. The molecule has 2 rings (SSSR count). The molecule has 0 fully saturated rings. The number of aromatic nitrogens is 1. The van der Waals surface area contributed by atoms with Crippen molar-refractivity contribution in [1.29, 1.82) is 0 Å². The highest BCUT2D eigenvalue weighted by molar-refractivity contribution is 5.38. The van der Waals surface area contributed by atoms with Crippen molar-refractivity contribution in [2.45, 2.75) is 19.3 Å². The molecule has 1 aliphatic rings. The Morgan fingerprint density at radius 2 is 2.36 bits per heavy atom. The molecular formula is C9H11NO. The van der Waals surface area contributed by atoms with E-state index in [1.807, 2.05) is 12.3 Å². The average Bonchev–Trinajstić information content (AvgIpc) is 2.50. The van der Waals surface area contributed by atoms with Crippen LogP contribution in [0.15, 0.2) is 12.3 Å². The van der Waals surface area contributed by atoms with Gasteiger partial charge >= 0.3 is 0 Å². The average molecular weight is 149 g/mol. The van der Waals surface area contributed by atoms with Crippen LogP contribution in [0.25, 0.3) is 0 Å². The predicted molar refractivity (Wildman–Crippen MR) is 42.8 cm³/mol. The second-order valence-electron chi connectivity index (χ2n) is 2.79. The lowest BCUT2D eigenvalue weighted by Gasteiger charge is -2.04. The van der Waals surface area contributed by atoms with E-state index in [9.17, 15) is 0 Å². The molecule has 0 unspecified atom stereocenters. The van der Waals surface area contributed by atoms with Gasteiger partial charge in [-0.2, -0.15) is 0 Å². The van der Waals surface area contributed by atoms with Crippen LogP contribution < -0.4 is 4.74 Å². The fourth-order valence-corrected chi connectivity index (χ4v) is 1.62. The fourth-order valence-electron chi connectivity index (χ4n) is 1.62. The quantitative estimate of drug-likeness (QED) is 0.604. The van der Waals surface area contributed by atoms with Gasteiger partial charge in [-0.05, 0) is 25.3 Å². The van der Waals surface area contributed by atoms with Gasteiger partial charge in [0.25, 0.3) is 0 Å². The van der Waals surface area contributed by atoms with Crippen LogP contribution in [-0.4, -0.2) is 12.1 Å². The van der Waals surface area contributed by atoms with E-state index in [1.165, 1.54) is 17.7 Å². The van der Waals surface area contributed by atoms with Crippen LogP contribution in [0, 0.1) is 0 Å². The van der Waals surface area contributed by atoms with Crippen LogP contribution >= 0.6 is 0 Å². The molecule has 0 atom stereocenters. The third-order valence-electron chi connectivity index (χ3n) is 2.16. The van der Waals surface area contributed by atoms with Gasteiger partial charge in [-0.25, -0.2) is 0 Å². The minimum absolute atomic E-state index is 1.01. The van der Waals surface area contributed by atoms with Crippen LogP contribution in [0.1, 0.15) is 17.7 Å². The normalized spacial score (nSPS) is 14.6. The van der Waals surface area contributed by atoms with Crippen molar-refractivity contribution in [3.63, 3.8) is 0 Å². The second-order valence-corrected chi connectivity index (χ2v) is 2.79. The third-order valence-corrected chi connectivity index (χ3v) is 2.16. The van der Waals surface area contributed by atoms with Gasteiger partial charge in [0.1, 0.15) is 5.75 Å². The first-order valence-electron chi connectivity index (χ1n) is 3.92. The first kappa shape index (κ1) is 6.65. The van der Waals surface area contributed by atoms with Gasteiger partial charge in [0.05, 0.1) is 7.11 Å². The summed E-state index contributed by atoms with van der Waals surface area (Å²) in [6, 6.07) is 1.93. The van der Waals surface area contributed by atoms with E-state index >= 15 is 0 Å². The lowest BCUT2D eigenvalue weighted by molar-refractivity contribution is 0.409. The van der Waals surface area contributed by atoms with Gasteiger partial charge in [0.2, 0.25) is 0 Å². The molecule has 0 radical (unpaired) electrons. The number of nitrogens with zero attached hydrogens (tertiary/aromatic N) is 1. The molecule has 2 nitrogen and oxygen atoms in total. The lowest BCUT2D eigenvalue weighted by Crippen LogP contribution is -1.92. The number of ether oxygens (including phenoxy) is 1. The lowest BCUT2D eigenvalue weighted by atomic mass is 10.2. The van der Waals surface area contributed by atoms with E-state index in [4.69, 9.17) is 4.74 Å². The Kier molecular flexibility index (Phi) is 1.53. The van der Waals surface area contributed by atoms with Gasteiger partial charge in [-0.1, -0.05) is 0 Å². The summed E-state index contributed by atoms with van der Waals surface area (Å²) in [5.41, 5.74) is 2.54. The number of hydrogen-bond donors (Lipinski definition) is 0. The van der Waals surface area contributed by atoms with Crippen molar-refractivity contribution < 1.29 is 4.74 Å². The summed E-state index contributed by atoms with van der Waals surface area (Å²) in [6.07, 6.45) is 5.30. The van der Waals surface area contributed by atoms with Crippen molar-refractivity contribution in [2.24, 2.45) is 0 Å². The number of pyridine rings is 1. The topological polar surface area (TPSA) is 22.1 Å². The summed E-state index contributed by atoms with van der Waals surface area (Å²) in [7, 11) is 1.72. The molecule has 1 aromatic rings. The van der Waals surface area contributed by atoms with Crippen LogP contribution in [0.5, 0.6) is 5.75 Å². The monoisotopic (exact) mass is 149 g/mol. The zero-order chi connectivity index (χ0) is 7.68. The molecule has 0 spiro atoms. The largest absolute Gasteiger partial charge is 0.496 e. The minimum Gasteiger partial charge on any atom is -0.496 e. The minimum atomic E-state index is 1.01. The van der Waals surface area contributed by atoms with Gasteiger partial charge < -0.3 is 4.74 Å². The molecule has 1 aromatic heterocycles. The Bertz CT molecular complexity index is 270. The Morgan fingerprint density at radius 1 is 1.45 bits per heavy atom. The molecule has 1 heterocycles. The van der Waals surface area contributed by atoms with E-state index in [-0.39, 0.29) is 0 Å². The van der Waals surface area contributed by atoms with Crippen molar-refractivity contribution in [3.8, 4) is 5.75 Å². The van der Waals surface area contributed by atoms with Gasteiger partial charge in [-0.15, -0.1) is 0 Å². The maximum atomic E-state index is 5.22. The van der Waals surface area contributed by atoms with E-state index < -0.39 is 0 Å². The van der Waals surface area contributed by atoms with E-state index in [1.54, 1.807) is 7.11 Å². The highest BCUT2D eigenvalue weighted by Gasteiger charge is 2.15. The molecule has 0 saturated heterocycles. The highest BCUT2D eigenvalue weighted by atomic mass is 16.5. The van der Waals surface area contributed by atoms with E-state index in [0.717, 1.165) is 18.6 Å². The molecule has 11 heavy (non-hydrogen) atoms. The second kappa shape index (κ2) is 2.53. The van der Waals surface area contributed by atoms with E-state index in [2.05, 4.69) is 4.98 Å². The number of rotatable bonds is 1. The zero-order valence-electron chi connectivity index (χ0n) is 6.63. The van der Waals surface area contributed by atoms with Crippen LogP contribution in [0.3, 0.4) is 0 Å². The first-order chi connectivity index (χ1) is 5.42. The summed E-state index contributed by atoms with van der Waals surface area (Å²) in [4.78, 5) is 4.29. The van der Waals surface area contributed by atoms with Crippen molar-refractivity contribution in [2.75, 3.05) is 7.11 Å². The summed E-state index contributed by atoms with van der Waals surface area (Å²) >= 11 is 0. The molecule has 2 heteroatoms. The zero-order valence-corrected chi connectivity index (χ0v) is 6.63. The number of methoxy groups -OCH3 is 1. The van der Waals surface area contributed by atoms with Crippen LogP contribution in [0.4, 0.5) is 0 Å². The standard InChI is InChI=1S/C9H11NO/c1-11-9-5-6-10-8-4-2-3-7(8)9/h5-6H,2-4H2,1H3. The highest BCUT2D eigenvalue weighted by Crippen LogP contribution is 2.27. The molecule has 0 aromatic carbocycles. The Balaban J connectivity index is 2.50. The van der Waals surface area contributed by atoms with Gasteiger partial charge in [-0.3, -0.25) is 4.98 Å².